The molecule has 5 nitrogen and oxygen atoms in total. The predicted octanol–water partition coefficient (Wildman–Crippen LogP) is 3.62. The molecule has 0 saturated heterocycles. The molecule has 1 N–H and O–H groups in total. The number of anilines is 1. The number of benzene rings is 2. The molecule has 3 rings (SSSR count). The maximum absolute atomic E-state index is 12.8. The van der Waals surface area contributed by atoms with Crippen LogP contribution in [-0.2, 0) is 10.2 Å². The van der Waals surface area contributed by atoms with Gasteiger partial charge in [-0.05, 0) is 42.0 Å². The van der Waals surface area contributed by atoms with Gasteiger partial charge in [0.25, 0.3) is 5.91 Å². The van der Waals surface area contributed by atoms with E-state index in [4.69, 9.17) is 4.74 Å². The molecule has 0 atom stereocenters. The summed E-state index contributed by atoms with van der Waals surface area (Å²) in [6.07, 6.45) is 3.45. The molecular formula is C21H22FN3O2. The lowest BCUT2D eigenvalue weighted by molar-refractivity contribution is -0.123. The maximum atomic E-state index is 12.8. The number of carbonyl (C=O) groups is 1. The van der Waals surface area contributed by atoms with E-state index in [1.807, 2.05) is 25.3 Å². The molecule has 2 aromatic rings. The zero-order valence-corrected chi connectivity index (χ0v) is 15.6. The van der Waals surface area contributed by atoms with Gasteiger partial charge in [-0.2, -0.15) is 5.10 Å². The molecule has 0 aliphatic carbocycles. The summed E-state index contributed by atoms with van der Waals surface area (Å²) in [5, 5.41) is 3.96. The summed E-state index contributed by atoms with van der Waals surface area (Å²) in [6.45, 7) is 4.12. The van der Waals surface area contributed by atoms with E-state index >= 15 is 0 Å². The second kappa shape index (κ2) is 7.61. The molecule has 1 aliphatic heterocycles. The Labute approximate surface area is 158 Å². The molecular weight excluding hydrogens is 345 g/mol. The summed E-state index contributed by atoms with van der Waals surface area (Å²) in [5.41, 5.74) is 5.78. The molecule has 27 heavy (non-hydrogen) atoms. The number of fused-ring (bicyclic) bond motifs is 1. The van der Waals surface area contributed by atoms with Gasteiger partial charge in [0.05, 0.1) is 0 Å². The van der Waals surface area contributed by atoms with Crippen LogP contribution in [-0.4, -0.2) is 25.8 Å². The molecule has 1 aliphatic rings. The van der Waals surface area contributed by atoms with Crippen LogP contribution in [0.5, 0.6) is 5.75 Å². The monoisotopic (exact) mass is 367 g/mol. The van der Waals surface area contributed by atoms with Crippen molar-refractivity contribution in [2.45, 2.75) is 19.3 Å². The summed E-state index contributed by atoms with van der Waals surface area (Å²) >= 11 is 0. The quantitative estimate of drug-likeness (QED) is 0.649. The first-order valence-electron chi connectivity index (χ1n) is 8.64. The van der Waals surface area contributed by atoms with Gasteiger partial charge in [0.15, 0.2) is 6.61 Å². The lowest BCUT2D eigenvalue weighted by Crippen LogP contribution is -2.25. The number of para-hydroxylation sites is 1. The molecule has 0 saturated carbocycles. The Morgan fingerprint density at radius 3 is 2.63 bits per heavy atom. The second-order valence-corrected chi connectivity index (χ2v) is 6.81. The summed E-state index contributed by atoms with van der Waals surface area (Å²) in [6, 6.07) is 13.7. The smallest absolute Gasteiger partial charge is 0.277 e. The van der Waals surface area contributed by atoms with Crippen molar-refractivity contribution in [3.05, 3.63) is 71.7 Å². The average molecular weight is 367 g/mol. The molecule has 0 spiro atoms. The third-order valence-electron chi connectivity index (χ3n) is 4.62. The maximum Gasteiger partial charge on any atom is 0.277 e. The SMILES string of the molecule is CN1C(=CC=NNC(=O)COc2ccc(F)cc2)C(C)(C)c2ccccc21. The Bertz CT molecular complexity index is 889. The lowest BCUT2D eigenvalue weighted by atomic mass is 9.84. The van der Waals surface area contributed by atoms with Gasteiger partial charge < -0.3 is 9.64 Å². The highest BCUT2D eigenvalue weighted by Crippen LogP contribution is 2.46. The second-order valence-electron chi connectivity index (χ2n) is 6.81. The van der Waals surface area contributed by atoms with Crippen LogP contribution in [0.25, 0.3) is 0 Å². The van der Waals surface area contributed by atoms with Gasteiger partial charge in [-0.1, -0.05) is 32.0 Å². The topological polar surface area (TPSA) is 53.9 Å². The minimum atomic E-state index is -0.392. The van der Waals surface area contributed by atoms with Crippen LogP contribution < -0.4 is 15.1 Å². The van der Waals surface area contributed by atoms with Crippen LogP contribution >= 0.6 is 0 Å². The van der Waals surface area contributed by atoms with E-state index in [0.717, 1.165) is 5.70 Å². The number of amides is 1. The molecule has 0 fully saturated rings. The lowest BCUT2D eigenvalue weighted by Gasteiger charge is -2.23. The third kappa shape index (κ3) is 4.00. The fraction of sp³-hybridized carbons (Fsp3) is 0.238. The van der Waals surface area contributed by atoms with Gasteiger partial charge in [-0.25, -0.2) is 9.82 Å². The predicted molar refractivity (Wildman–Crippen MR) is 104 cm³/mol. The van der Waals surface area contributed by atoms with Crippen molar-refractivity contribution >= 4 is 17.8 Å². The standard InChI is InChI=1S/C21H22FN3O2/c1-21(2)17-6-4-5-7-18(17)25(3)19(21)12-13-23-24-20(26)14-27-16-10-8-15(22)9-11-16/h4-13H,14H2,1-3H3,(H,24,26). The van der Waals surface area contributed by atoms with E-state index in [2.05, 4.69) is 41.4 Å². The van der Waals surface area contributed by atoms with Crippen LogP contribution in [0.1, 0.15) is 19.4 Å². The van der Waals surface area contributed by atoms with Gasteiger partial charge in [0.1, 0.15) is 11.6 Å². The normalized spacial score (nSPS) is 16.6. The van der Waals surface area contributed by atoms with Crippen LogP contribution in [0.3, 0.4) is 0 Å². The van der Waals surface area contributed by atoms with Crippen molar-refractivity contribution in [3.63, 3.8) is 0 Å². The molecule has 0 bridgehead atoms. The number of hydrogen-bond acceptors (Lipinski definition) is 4. The Balaban J connectivity index is 1.57. The van der Waals surface area contributed by atoms with Gasteiger partial charge >= 0.3 is 0 Å². The van der Waals surface area contributed by atoms with Gasteiger partial charge in [0.2, 0.25) is 0 Å². The van der Waals surface area contributed by atoms with E-state index in [9.17, 15) is 9.18 Å². The number of carbonyl (C=O) groups excluding carboxylic acids is 1. The van der Waals surface area contributed by atoms with Crippen molar-refractivity contribution in [2.75, 3.05) is 18.6 Å². The Morgan fingerprint density at radius 2 is 1.93 bits per heavy atom. The number of hydrogen-bond donors (Lipinski definition) is 1. The van der Waals surface area contributed by atoms with E-state index in [0.29, 0.717) is 5.75 Å². The molecule has 0 aromatic heterocycles. The van der Waals surface area contributed by atoms with Gasteiger partial charge in [-0.15, -0.1) is 0 Å². The summed E-state index contributed by atoms with van der Waals surface area (Å²) in [5.74, 6) is -0.326. The highest BCUT2D eigenvalue weighted by atomic mass is 19.1. The van der Waals surface area contributed by atoms with E-state index < -0.39 is 5.91 Å². The highest BCUT2D eigenvalue weighted by Gasteiger charge is 2.37. The van der Waals surface area contributed by atoms with Gasteiger partial charge in [0, 0.05) is 30.1 Å². The fourth-order valence-corrected chi connectivity index (χ4v) is 3.23. The number of allylic oxidation sites excluding steroid dienone is 2. The Morgan fingerprint density at radius 1 is 1.22 bits per heavy atom. The zero-order valence-electron chi connectivity index (χ0n) is 15.6. The molecule has 6 heteroatoms. The van der Waals surface area contributed by atoms with Crippen molar-refractivity contribution < 1.29 is 13.9 Å². The third-order valence-corrected chi connectivity index (χ3v) is 4.62. The molecule has 2 aromatic carbocycles. The fourth-order valence-electron chi connectivity index (χ4n) is 3.23. The molecule has 1 amide bonds. The van der Waals surface area contributed by atoms with Crippen LogP contribution in [0.4, 0.5) is 10.1 Å². The van der Waals surface area contributed by atoms with Crippen molar-refractivity contribution in [1.29, 1.82) is 0 Å². The van der Waals surface area contributed by atoms with E-state index in [1.54, 1.807) is 6.21 Å². The molecule has 1 heterocycles. The minimum Gasteiger partial charge on any atom is -0.484 e. The highest BCUT2D eigenvalue weighted by molar-refractivity contribution is 5.82. The number of rotatable bonds is 5. The summed E-state index contributed by atoms with van der Waals surface area (Å²) in [7, 11) is 2.02. The van der Waals surface area contributed by atoms with E-state index in [-0.39, 0.29) is 17.8 Å². The minimum absolute atomic E-state index is 0.146. The Kier molecular flexibility index (Phi) is 5.26. The number of nitrogens with one attached hydrogen (secondary N) is 1. The zero-order chi connectivity index (χ0) is 19.4. The largest absolute Gasteiger partial charge is 0.484 e. The van der Waals surface area contributed by atoms with Crippen molar-refractivity contribution in [1.82, 2.24) is 5.43 Å². The number of hydrazone groups is 1. The molecule has 0 unspecified atom stereocenters. The number of likely N-dealkylation sites (N-methyl/N-ethyl adjacent to an activating group) is 1. The number of nitrogens with zero attached hydrogens (tertiary/aromatic N) is 2. The van der Waals surface area contributed by atoms with Crippen molar-refractivity contribution in [2.24, 2.45) is 5.10 Å². The van der Waals surface area contributed by atoms with E-state index in [1.165, 1.54) is 35.5 Å². The first kappa shape index (κ1) is 18.6. The van der Waals surface area contributed by atoms with Crippen molar-refractivity contribution in [3.8, 4) is 5.75 Å². The van der Waals surface area contributed by atoms with Gasteiger partial charge in [-0.3, -0.25) is 4.79 Å². The number of ether oxygens (including phenoxy) is 1. The summed E-state index contributed by atoms with van der Waals surface area (Å²) in [4.78, 5) is 13.9. The van der Waals surface area contributed by atoms with Crippen LogP contribution in [0, 0.1) is 5.82 Å². The first-order chi connectivity index (χ1) is 12.9. The Hall–Kier alpha value is -3.15. The van der Waals surface area contributed by atoms with Crippen LogP contribution in [0.2, 0.25) is 0 Å². The first-order valence-corrected chi connectivity index (χ1v) is 8.64. The molecule has 0 radical (unpaired) electrons. The summed E-state index contributed by atoms with van der Waals surface area (Å²) < 4.78 is 18.1. The molecule has 140 valence electrons. The average Bonchev–Trinajstić information content (AvgIpc) is 2.85. The number of halogens is 1. The van der Waals surface area contributed by atoms with Crippen LogP contribution in [0.15, 0.2) is 65.4 Å².